The molecule has 2 aromatic heterocycles. The highest BCUT2D eigenvalue weighted by Crippen LogP contribution is 2.25. The molecule has 0 aliphatic carbocycles. The maximum atomic E-state index is 14.1. The van der Waals surface area contributed by atoms with Gasteiger partial charge in [0.2, 0.25) is 0 Å². The third-order valence-corrected chi connectivity index (χ3v) is 5.65. The van der Waals surface area contributed by atoms with Gasteiger partial charge in [-0.2, -0.15) is 5.10 Å². The van der Waals surface area contributed by atoms with E-state index in [1.165, 1.54) is 12.3 Å². The highest BCUT2D eigenvalue weighted by Gasteiger charge is 2.36. The summed E-state index contributed by atoms with van der Waals surface area (Å²) >= 11 is 0. The summed E-state index contributed by atoms with van der Waals surface area (Å²) in [6.07, 6.45) is 2.54. The molecular formula is C21H28FN5O2. The fraction of sp³-hybridized carbons (Fsp3) is 0.571. The lowest BCUT2D eigenvalue weighted by atomic mass is 9.92. The molecule has 2 aliphatic rings. The number of hydrogen-bond donors (Lipinski definition) is 1. The van der Waals surface area contributed by atoms with Crippen LogP contribution in [0.15, 0.2) is 24.5 Å². The second-order valence-corrected chi connectivity index (χ2v) is 9.08. The number of aromatic nitrogens is 3. The Hall–Kier alpha value is -2.32. The number of aromatic amines is 1. The van der Waals surface area contributed by atoms with E-state index in [9.17, 15) is 9.18 Å². The first-order chi connectivity index (χ1) is 13.8. The van der Waals surface area contributed by atoms with Gasteiger partial charge in [-0.3, -0.25) is 19.8 Å². The van der Waals surface area contributed by atoms with Gasteiger partial charge >= 0.3 is 0 Å². The summed E-state index contributed by atoms with van der Waals surface area (Å²) < 4.78 is 20.0. The number of nitrogens with one attached hydrogen (secondary N) is 1. The molecule has 2 fully saturated rings. The Labute approximate surface area is 170 Å². The molecule has 0 saturated carbocycles. The molecular weight excluding hydrogens is 373 g/mol. The molecule has 0 unspecified atom stereocenters. The number of halogens is 1. The van der Waals surface area contributed by atoms with Crippen LogP contribution in [0.3, 0.4) is 0 Å². The molecule has 156 valence electrons. The predicted molar refractivity (Wildman–Crippen MR) is 106 cm³/mol. The number of amides is 1. The van der Waals surface area contributed by atoms with Gasteiger partial charge in [-0.25, -0.2) is 4.39 Å². The summed E-state index contributed by atoms with van der Waals surface area (Å²) in [6, 6.07) is 3.62. The van der Waals surface area contributed by atoms with Gasteiger partial charge in [-0.05, 0) is 12.1 Å². The molecule has 4 rings (SSSR count). The molecule has 2 atom stereocenters. The van der Waals surface area contributed by atoms with Gasteiger partial charge in [0, 0.05) is 49.4 Å². The van der Waals surface area contributed by atoms with Crippen molar-refractivity contribution in [3.8, 4) is 0 Å². The van der Waals surface area contributed by atoms with Crippen LogP contribution in [0.25, 0.3) is 0 Å². The molecule has 4 heterocycles. The molecule has 2 bridgehead atoms. The molecule has 8 heteroatoms. The zero-order valence-corrected chi connectivity index (χ0v) is 17.2. The predicted octanol–water partition coefficient (Wildman–Crippen LogP) is 2.21. The molecule has 2 aliphatic heterocycles. The lowest BCUT2D eigenvalue weighted by molar-refractivity contribution is 0.0402. The molecule has 7 nitrogen and oxygen atoms in total. The van der Waals surface area contributed by atoms with Crippen molar-refractivity contribution in [1.29, 1.82) is 0 Å². The minimum Gasteiger partial charge on any atom is -0.379 e. The Kier molecular flexibility index (Phi) is 5.40. The lowest BCUT2D eigenvalue weighted by Crippen LogP contribution is -2.45. The maximum Gasteiger partial charge on any atom is 0.257 e. The van der Waals surface area contributed by atoms with Crippen LogP contribution < -0.4 is 0 Å². The Bertz CT molecular complexity index is 878. The van der Waals surface area contributed by atoms with Crippen molar-refractivity contribution in [3.63, 3.8) is 0 Å². The topological polar surface area (TPSA) is 74.3 Å². The Morgan fingerprint density at radius 1 is 1.31 bits per heavy atom. The van der Waals surface area contributed by atoms with Crippen LogP contribution >= 0.6 is 0 Å². The molecule has 1 amide bonds. The van der Waals surface area contributed by atoms with Crippen molar-refractivity contribution < 1.29 is 13.9 Å². The van der Waals surface area contributed by atoms with E-state index in [2.05, 4.69) is 46.9 Å². The monoisotopic (exact) mass is 401 g/mol. The zero-order chi connectivity index (χ0) is 20.6. The van der Waals surface area contributed by atoms with E-state index in [4.69, 9.17) is 4.74 Å². The van der Waals surface area contributed by atoms with Crippen LogP contribution in [0, 0.1) is 11.7 Å². The zero-order valence-electron chi connectivity index (χ0n) is 17.2. The average Bonchev–Trinajstić information content (AvgIpc) is 2.96. The van der Waals surface area contributed by atoms with Gasteiger partial charge in [-0.15, -0.1) is 0 Å². The molecule has 0 aromatic carbocycles. The first-order valence-electron chi connectivity index (χ1n) is 10.1. The molecule has 0 spiro atoms. The van der Waals surface area contributed by atoms with E-state index in [-0.39, 0.29) is 28.8 Å². The van der Waals surface area contributed by atoms with Crippen LogP contribution in [-0.2, 0) is 16.7 Å². The average molecular weight is 401 g/mol. The van der Waals surface area contributed by atoms with E-state index >= 15 is 0 Å². The highest BCUT2D eigenvalue weighted by atomic mass is 19.1. The van der Waals surface area contributed by atoms with E-state index in [0.29, 0.717) is 26.3 Å². The summed E-state index contributed by atoms with van der Waals surface area (Å²) in [5, 5.41) is 7.62. The van der Waals surface area contributed by atoms with Crippen LogP contribution in [0.2, 0.25) is 0 Å². The maximum absolute atomic E-state index is 14.1. The van der Waals surface area contributed by atoms with Crippen LogP contribution in [0.1, 0.15) is 42.5 Å². The Morgan fingerprint density at radius 2 is 2.14 bits per heavy atom. The summed E-state index contributed by atoms with van der Waals surface area (Å²) in [7, 11) is 0. The second-order valence-electron chi connectivity index (χ2n) is 9.08. The van der Waals surface area contributed by atoms with Crippen molar-refractivity contribution in [3.05, 3.63) is 47.3 Å². The lowest BCUT2D eigenvalue weighted by Gasteiger charge is -2.31. The Morgan fingerprint density at radius 3 is 2.86 bits per heavy atom. The number of carbonyl (C=O) groups is 1. The van der Waals surface area contributed by atoms with Gasteiger partial charge in [0.1, 0.15) is 0 Å². The van der Waals surface area contributed by atoms with Gasteiger partial charge in [0.25, 0.3) is 5.91 Å². The number of fused-ring (bicyclic) bond motifs is 3. The molecule has 29 heavy (non-hydrogen) atoms. The number of nitrogens with zero attached hydrogens (tertiary/aromatic N) is 4. The summed E-state index contributed by atoms with van der Waals surface area (Å²) in [5.74, 6) is -0.672. The largest absolute Gasteiger partial charge is 0.379 e. The van der Waals surface area contributed by atoms with Gasteiger partial charge in [-0.1, -0.05) is 20.8 Å². The quantitative estimate of drug-likeness (QED) is 0.854. The van der Waals surface area contributed by atoms with E-state index in [0.717, 1.165) is 30.7 Å². The van der Waals surface area contributed by atoms with Crippen molar-refractivity contribution in [2.24, 2.45) is 5.92 Å². The number of pyridine rings is 1. The SMILES string of the molecule is CC(C)(C)c1cc(CN2C[C@H]3COC[C@@H]2CN(C(=O)c2ccncc2F)C3)[nH]n1. The van der Waals surface area contributed by atoms with Crippen LogP contribution in [0.4, 0.5) is 4.39 Å². The number of carbonyl (C=O) groups excluding carboxylic acids is 1. The van der Waals surface area contributed by atoms with Gasteiger partial charge in [0.15, 0.2) is 5.82 Å². The van der Waals surface area contributed by atoms with Gasteiger partial charge < -0.3 is 9.64 Å². The van der Waals surface area contributed by atoms with Crippen molar-refractivity contribution >= 4 is 5.91 Å². The Balaban J connectivity index is 1.52. The minimum absolute atomic E-state index is 0.00955. The fourth-order valence-corrected chi connectivity index (χ4v) is 4.05. The van der Waals surface area contributed by atoms with E-state index in [1.807, 2.05) is 0 Å². The molecule has 0 radical (unpaired) electrons. The summed E-state index contributed by atoms with van der Waals surface area (Å²) in [4.78, 5) is 20.8. The van der Waals surface area contributed by atoms with Crippen LogP contribution in [0.5, 0.6) is 0 Å². The minimum atomic E-state index is -0.577. The number of hydrogen-bond acceptors (Lipinski definition) is 5. The number of H-pyrrole nitrogens is 1. The fourth-order valence-electron chi connectivity index (χ4n) is 4.05. The standard InChI is InChI=1S/C21H28FN5O2/c1-21(2,3)19-6-15(24-25-19)10-26-8-14-9-27(11-16(26)13-29-12-14)20(28)17-4-5-23-7-18(17)22/h4-7,14,16H,8-13H2,1-3H3,(H,24,25)/t14-,16+/m1/s1. The third kappa shape index (κ3) is 4.33. The molecule has 2 saturated heterocycles. The van der Waals surface area contributed by atoms with Crippen LogP contribution in [-0.4, -0.2) is 69.8 Å². The highest BCUT2D eigenvalue weighted by molar-refractivity contribution is 5.94. The van der Waals surface area contributed by atoms with Crippen molar-refractivity contribution in [1.82, 2.24) is 25.0 Å². The first-order valence-corrected chi connectivity index (χ1v) is 10.1. The molecule has 1 N–H and O–H groups in total. The third-order valence-electron chi connectivity index (χ3n) is 5.65. The summed E-state index contributed by atoms with van der Waals surface area (Å²) in [5.41, 5.74) is 2.16. The normalized spacial score (nSPS) is 23.1. The second kappa shape index (κ2) is 7.84. The molecule has 2 aromatic rings. The number of ether oxygens (including phenoxy) is 1. The van der Waals surface area contributed by atoms with Crippen molar-refractivity contribution in [2.45, 2.75) is 38.8 Å². The first kappa shape index (κ1) is 20.0. The van der Waals surface area contributed by atoms with Gasteiger partial charge in [0.05, 0.1) is 36.7 Å². The van der Waals surface area contributed by atoms with E-state index in [1.54, 1.807) is 4.90 Å². The summed E-state index contributed by atoms with van der Waals surface area (Å²) in [6.45, 7) is 10.2. The van der Waals surface area contributed by atoms with E-state index < -0.39 is 5.82 Å². The van der Waals surface area contributed by atoms with Crippen molar-refractivity contribution in [2.75, 3.05) is 32.8 Å². The number of rotatable bonds is 3. The smallest absolute Gasteiger partial charge is 0.257 e.